The van der Waals surface area contributed by atoms with Crippen molar-refractivity contribution in [2.24, 2.45) is 0 Å². The predicted molar refractivity (Wildman–Crippen MR) is 78.9 cm³/mol. The Morgan fingerprint density at radius 3 is 2.47 bits per heavy atom. The molecule has 0 aliphatic heterocycles. The summed E-state index contributed by atoms with van der Waals surface area (Å²) in [4.78, 5) is 8.86. The lowest BCUT2D eigenvalue weighted by molar-refractivity contribution is 0.691. The Bertz CT molecular complexity index is 518. The lowest BCUT2D eigenvalue weighted by atomic mass is 10.0. The number of hydrogen-bond donors (Lipinski definition) is 1. The third-order valence-electron chi connectivity index (χ3n) is 3.11. The fourth-order valence-corrected chi connectivity index (χ4v) is 1.92. The van der Waals surface area contributed by atoms with Gasteiger partial charge in [-0.1, -0.05) is 45.0 Å². The molecule has 0 aliphatic rings. The third kappa shape index (κ3) is 3.61. The first kappa shape index (κ1) is 13.7. The van der Waals surface area contributed by atoms with Crippen LogP contribution in [-0.2, 0) is 6.54 Å². The van der Waals surface area contributed by atoms with E-state index < -0.39 is 0 Å². The molecule has 0 saturated carbocycles. The highest BCUT2D eigenvalue weighted by molar-refractivity contribution is 5.59. The van der Waals surface area contributed by atoms with Crippen molar-refractivity contribution in [3.8, 4) is 11.3 Å². The lowest BCUT2D eigenvalue weighted by Gasteiger charge is -2.07. The van der Waals surface area contributed by atoms with Gasteiger partial charge < -0.3 is 5.32 Å². The fourth-order valence-electron chi connectivity index (χ4n) is 1.92. The summed E-state index contributed by atoms with van der Waals surface area (Å²) in [6.07, 6.45) is 1.82. The van der Waals surface area contributed by atoms with E-state index in [0.29, 0.717) is 12.5 Å². The molecule has 3 nitrogen and oxygen atoms in total. The van der Waals surface area contributed by atoms with E-state index in [-0.39, 0.29) is 0 Å². The molecule has 0 atom stereocenters. The normalized spacial score (nSPS) is 10.9. The van der Waals surface area contributed by atoms with Crippen LogP contribution in [0, 0.1) is 0 Å². The van der Waals surface area contributed by atoms with E-state index in [9.17, 15) is 0 Å². The van der Waals surface area contributed by atoms with Crippen molar-refractivity contribution in [1.82, 2.24) is 15.3 Å². The second-order valence-corrected chi connectivity index (χ2v) is 4.92. The first-order valence-corrected chi connectivity index (χ1v) is 6.83. The summed E-state index contributed by atoms with van der Waals surface area (Å²) >= 11 is 0. The van der Waals surface area contributed by atoms with E-state index in [1.807, 2.05) is 12.3 Å². The summed E-state index contributed by atoms with van der Waals surface area (Å²) in [5, 5.41) is 3.24. The van der Waals surface area contributed by atoms with Crippen molar-refractivity contribution in [3.63, 3.8) is 0 Å². The number of aromatic nitrogens is 2. The highest BCUT2D eigenvalue weighted by atomic mass is 15.0. The molecular weight excluding hydrogens is 234 g/mol. The van der Waals surface area contributed by atoms with E-state index in [1.165, 1.54) is 5.56 Å². The molecule has 3 heteroatoms. The van der Waals surface area contributed by atoms with Crippen LogP contribution in [0.1, 0.15) is 38.1 Å². The van der Waals surface area contributed by atoms with Gasteiger partial charge in [-0.25, -0.2) is 9.97 Å². The summed E-state index contributed by atoms with van der Waals surface area (Å²) in [6.45, 7) is 8.13. The zero-order valence-electron chi connectivity index (χ0n) is 11.9. The van der Waals surface area contributed by atoms with Gasteiger partial charge in [0, 0.05) is 11.8 Å². The zero-order valence-corrected chi connectivity index (χ0v) is 11.9. The van der Waals surface area contributed by atoms with Crippen molar-refractivity contribution in [2.75, 3.05) is 6.54 Å². The quantitative estimate of drug-likeness (QED) is 0.890. The fraction of sp³-hybridized carbons (Fsp3) is 0.375. The molecule has 1 N–H and O–H groups in total. The molecule has 2 rings (SSSR count). The van der Waals surface area contributed by atoms with E-state index >= 15 is 0 Å². The highest BCUT2D eigenvalue weighted by Gasteiger charge is 2.03. The Balaban J connectivity index is 2.21. The minimum Gasteiger partial charge on any atom is -0.310 e. The topological polar surface area (TPSA) is 37.8 Å². The predicted octanol–water partition coefficient (Wildman–Crippen LogP) is 3.38. The smallest absolute Gasteiger partial charge is 0.142 e. The van der Waals surface area contributed by atoms with Gasteiger partial charge >= 0.3 is 0 Å². The van der Waals surface area contributed by atoms with Crippen molar-refractivity contribution in [1.29, 1.82) is 0 Å². The van der Waals surface area contributed by atoms with Crippen LogP contribution in [0.15, 0.2) is 36.5 Å². The molecule has 1 aromatic heterocycles. The Morgan fingerprint density at radius 1 is 1.11 bits per heavy atom. The minimum absolute atomic E-state index is 0.559. The van der Waals surface area contributed by atoms with Crippen molar-refractivity contribution in [2.45, 2.75) is 33.2 Å². The van der Waals surface area contributed by atoms with Crippen LogP contribution in [0.25, 0.3) is 11.3 Å². The van der Waals surface area contributed by atoms with Crippen LogP contribution >= 0.6 is 0 Å². The summed E-state index contributed by atoms with van der Waals surface area (Å²) < 4.78 is 0. The van der Waals surface area contributed by atoms with Gasteiger partial charge in [0.15, 0.2) is 0 Å². The van der Waals surface area contributed by atoms with E-state index in [0.717, 1.165) is 23.6 Å². The summed E-state index contributed by atoms with van der Waals surface area (Å²) in [5.74, 6) is 1.40. The second-order valence-electron chi connectivity index (χ2n) is 4.92. The molecule has 1 aromatic carbocycles. The monoisotopic (exact) mass is 255 g/mol. The Kier molecular flexibility index (Phi) is 4.63. The zero-order chi connectivity index (χ0) is 13.7. The van der Waals surface area contributed by atoms with E-state index in [2.05, 4.69) is 60.3 Å². The molecule has 100 valence electrons. The van der Waals surface area contributed by atoms with Crippen molar-refractivity contribution < 1.29 is 0 Å². The molecule has 1 heterocycles. The van der Waals surface area contributed by atoms with Gasteiger partial charge in [0.1, 0.15) is 5.82 Å². The van der Waals surface area contributed by atoms with Gasteiger partial charge in [0.25, 0.3) is 0 Å². The molecule has 0 saturated heterocycles. The maximum Gasteiger partial charge on any atom is 0.142 e. The maximum absolute atomic E-state index is 4.58. The molecule has 2 aromatic rings. The number of rotatable bonds is 5. The van der Waals surface area contributed by atoms with Crippen LogP contribution in [0.5, 0.6) is 0 Å². The molecule has 0 aliphatic carbocycles. The number of hydrogen-bond acceptors (Lipinski definition) is 3. The molecule has 0 unspecified atom stereocenters. The third-order valence-corrected chi connectivity index (χ3v) is 3.11. The molecule has 0 bridgehead atoms. The number of nitrogens with zero attached hydrogens (tertiary/aromatic N) is 2. The van der Waals surface area contributed by atoms with Crippen LogP contribution < -0.4 is 5.32 Å². The lowest BCUT2D eigenvalue weighted by Crippen LogP contribution is -2.14. The summed E-state index contributed by atoms with van der Waals surface area (Å²) in [6, 6.07) is 10.6. The molecule has 0 spiro atoms. The van der Waals surface area contributed by atoms with E-state index in [4.69, 9.17) is 0 Å². The second kappa shape index (κ2) is 6.43. The van der Waals surface area contributed by atoms with Crippen LogP contribution in [0.2, 0.25) is 0 Å². The average Bonchev–Trinajstić information content (AvgIpc) is 2.45. The van der Waals surface area contributed by atoms with Gasteiger partial charge in [-0.2, -0.15) is 0 Å². The van der Waals surface area contributed by atoms with E-state index in [1.54, 1.807) is 0 Å². The summed E-state index contributed by atoms with van der Waals surface area (Å²) in [5.41, 5.74) is 3.48. The van der Waals surface area contributed by atoms with Crippen molar-refractivity contribution >= 4 is 0 Å². The average molecular weight is 255 g/mol. The molecule has 0 fully saturated rings. The Hall–Kier alpha value is -1.74. The van der Waals surface area contributed by atoms with Gasteiger partial charge in [-0.3, -0.25) is 0 Å². The first-order chi connectivity index (χ1) is 9.20. The summed E-state index contributed by atoms with van der Waals surface area (Å²) in [7, 11) is 0. The van der Waals surface area contributed by atoms with Crippen LogP contribution in [-0.4, -0.2) is 16.5 Å². The molecular formula is C16H21N3. The maximum atomic E-state index is 4.58. The van der Waals surface area contributed by atoms with Crippen LogP contribution in [0.3, 0.4) is 0 Å². The standard InChI is InChI=1S/C16H21N3/c1-4-17-11-16-18-10-9-15(19-16)14-7-5-13(6-8-14)12(2)3/h5-10,12,17H,4,11H2,1-3H3. The molecule has 0 radical (unpaired) electrons. The van der Waals surface area contributed by atoms with Gasteiger partial charge in [-0.05, 0) is 24.1 Å². The van der Waals surface area contributed by atoms with Crippen molar-refractivity contribution in [3.05, 3.63) is 47.9 Å². The largest absolute Gasteiger partial charge is 0.310 e. The number of benzene rings is 1. The van der Waals surface area contributed by atoms with Gasteiger partial charge in [0.2, 0.25) is 0 Å². The number of nitrogens with one attached hydrogen (secondary N) is 1. The van der Waals surface area contributed by atoms with Gasteiger partial charge in [-0.15, -0.1) is 0 Å². The van der Waals surface area contributed by atoms with Gasteiger partial charge in [0.05, 0.1) is 12.2 Å². The Morgan fingerprint density at radius 2 is 1.84 bits per heavy atom. The first-order valence-electron chi connectivity index (χ1n) is 6.83. The SMILES string of the molecule is CCNCc1nccc(-c2ccc(C(C)C)cc2)n1. The molecule has 19 heavy (non-hydrogen) atoms. The van der Waals surface area contributed by atoms with Crippen LogP contribution in [0.4, 0.5) is 0 Å². The molecule has 0 amide bonds. The highest BCUT2D eigenvalue weighted by Crippen LogP contribution is 2.20. The Labute approximate surface area is 115 Å². The minimum atomic E-state index is 0.559.